The summed E-state index contributed by atoms with van der Waals surface area (Å²) in [6.45, 7) is 27.2. The number of aliphatic carboxylic acids is 1. The van der Waals surface area contributed by atoms with Crippen LogP contribution in [0, 0.1) is 68.5 Å². The van der Waals surface area contributed by atoms with Gasteiger partial charge in [-0.15, -0.1) is 0 Å². The predicted molar refractivity (Wildman–Crippen MR) is 216 cm³/mol. The molecule has 0 heterocycles. The predicted octanol–water partition coefficient (Wildman–Crippen LogP) is 7.37. The largest absolute Gasteiger partial charge is 0.481 e. The Labute approximate surface area is 336 Å². The summed E-state index contributed by atoms with van der Waals surface area (Å²) in [4.78, 5) is 66.8. The van der Waals surface area contributed by atoms with Crippen molar-refractivity contribution in [3.8, 4) is 0 Å². The van der Waals surface area contributed by atoms with E-state index >= 15 is 0 Å². The maximum Gasteiger partial charge on any atom is 0.309 e. The molecule has 0 unspecified atom stereocenters. The number of hydrogen-bond acceptors (Lipinski definition) is 7. The van der Waals surface area contributed by atoms with E-state index in [1.54, 1.807) is 13.8 Å². The van der Waals surface area contributed by atoms with E-state index in [9.17, 15) is 29.1 Å². The molecule has 0 radical (unpaired) electrons. The van der Waals surface area contributed by atoms with E-state index in [0.717, 1.165) is 56.1 Å². The Morgan fingerprint density at radius 3 is 2.04 bits per heavy atom. The second-order valence-electron chi connectivity index (χ2n) is 22.4. The molecule has 0 saturated heterocycles. The van der Waals surface area contributed by atoms with Crippen LogP contribution in [0.25, 0.3) is 0 Å². The minimum Gasteiger partial charge on any atom is -0.481 e. The summed E-state index contributed by atoms with van der Waals surface area (Å²) in [6, 6.07) is -0.733. The summed E-state index contributed by atoms with van der Waals surface area (Å²) >= 11 is 0. The van der Waals surface area contributed by atoms with Gasteiger partial charge in [0.2, 0.25) is 11.8 Å². The molecule has 2 amide bonds. The third kappa shape index (κ3) is 6.13. The van der Waals surface area contributed by atoms with Crippen molar-refractivity contribution in [3.63, 3.8) is 0 Å². The van der Waals surface area contributed by atoms with Crippen LogP contribution >= 0.6 is 0 Å². The summed E-state index contributed by atoms with van der Waals surface area (Å²) in [5, 5.41) is 16.0. The van der Waals surface area contributed by atoms with Crippen molar-refractivity contribution in [2.45, 2.75) is 177 Å². The third-order valence-electron chi connectivity index (χ3n) is 17.9. The molecule has 11 atom stereocenters. The molecule has 56 heavy (non-hydrogen) atoms. The van der Waals surface area contributed by atoms with Gasteiger partial charge in [0.15, 0.2) is 5.78 Å². The number of allylic oxidation sites excluding steroid dienone is 1. The molecule has 0 aliphatic heterocycles. The smallest absolute Gasteiger partial charge is 0.309 e. The molecular formula is C46H73N3O7. The topological polar surface area (TPSA) is 165 Å². The zero-order chi connectivity index (χ0) is 41.9. The van der Waals surface area contributed by atoms with Crippen molar-refractivity contribution >= 4 is 29.5 Å². The molecule has 314 valence electrons. The summed E-state index contributed by atoms with van der Waals surface area (Å²) in [7, 11) is 0. The van der Waals surface area contributed by atoms with Crippen LogP contribution < -0.4 is 16.4 Å². The number of hydrogen-bond donors (Lipinski definition) is 4. The second kappa shape index (κ2) is 13.7. The minimum absolute atomic E-state index is 0.0142. The first-order valence-corrected chi connectivity index (χ1v) is 21.7. The molecule has 0 aromatic carbocycles. The number of ether oxygens (including phenoxy) is 1. The highest BCUT2D eigenvalue weighted by Gasteiger charge is 2.71. The van der Waals surface area contributed by atoms with E-state index in [1.165, 1.54) is 0 Å². The highest BCUT2D eigenvalue weighted by Crippen LogP contribution is 2.76. The van der Waals surface area contributed by atoms with E-state index in [1.807, 2.05) is 27.7 Å². The molecule has 0 aromatic heterocycles. The molecule has 5 N–H and O–H groups in total. The van der Waals surface area contributed by atoms with Gasteiger partial charge in [-0.1, -0.05) is 76.2 Å². The normalized spacial score (nSPS) is 40.4. The fraction of sp³-hybridized carbons (Fsp3) is 0.848. The third-order valence-corrected chi connectivity index (χ3v) is 17.9. The monoisotopic (exact) mass is 780 g/mol. The van der Waals surface area contributed by atoms with Crippen molar-refractivity contribution in [1.29, 1.82) is 0 Å². The number of carboxylic acids is 1. The number of carbonyl (C=O) groups is 5. The molecule has 0 aromatic rings. The van der Waals surface area contributed by atoms with Crippen LogP contribution in [0.3, 0.4) is 0 Å². The number of amides is 2. The zero-order valence-electron chi connectivity index (χ0n) is 36.7. The van der Waals surface area contributed by atoms with Crippen LogP contribution in [0.15, 0.2) is 11.1 Å². The average Bonchev–Trinajstić information content (AvgIpc) is 3.36. The molecule has 0 spiro atoms. The van der Waals surface area contributed by atoms with Gasteiger partial charge in [0.1, 0.15) is 11.6 Å². The fourth-order valence-electron chi connectivity index (χ4n) is 14.0. The van der Waals surface area contributed by atoms with Crippen LogP contribution in [0.5, 0.6) is 0 Å². The van der Waals surface area contributed by atoms with Gasteiger partial charge in [-0.2, -0.15) is 0 Å². The maximum atomic E-state index is 14.2. The number of Topliss-reactive ketones (excluding diaryl/α,β-unsaturated/α-hetero) is 1. The highest BCUT2D eigenvalue weighted by molar-refractivity contribution is 6.03. The Kier molecular flexibility index (Phi) is 10.4. The molecule has 6 aliphatic rings. The quantitative estimate of drug-likeness (QED) is 0.176. The standard InChI is InChI=1S/C46H73N3O7/c1-24(2)33-29(50)23-46(49-39(55)42(9,10)48-36(51)35(47)25(3)4)21-20-44(12)26(34(33)46)14-15-31-43(11)18-17-32(41(7,8)30(43)16-19-45(31,44)13)56-38(54)28-22-27(37(52)53)40(28,5)6/h24-28,30-32,35H,14-23,47H2,1-13H3,(H,48,51)(H,49,55)(H,52,53)/t26-,27+,28-,30+,31-,32+,35+,43+,44-,45-,46-/m1/s1. The lowest BCUT2D eigenvalue weighted by Crippen LogP contribution is -2.68. The van der Waals surface area contributed by atoms with Gasteiger partial charge in [0, 0.05) is 11.8 Å². The number of ketones is 1. The van der Waals surface area contributed by atoms with Gasteiger partial charge in [0.05, 0.1) is 23.4 Å². The molecule has 5 fully saturated rings. The lowest BCUT2D eigenvalue weighted by Gasteiger charge is -2.72. The van der Waals surface area contributed by atoms with Gasteiger partial charge in [-0.05, 0) is 134 Å². The van der Waals surface area contributed by atoms with Crippen LogP contribution in [0.4, 0.5) is 0 Å². The maximum absolute atomic E-state index is 14.2. The van der Waals surface area contributed by atoms with E-state index in [-0.39, 0.29) is 75.5 Å². The van der Waals surface area contributed by atoms with Crippen molar-refractivity contribution < 1.29 is 33.8 Å². The van der Waals surface area contributed by atoms with Crippen LogP contribution in [0.2, 0.25) is 0 Å². The molecule has 6 aliphatic carbocycles. The Morgan fingerprint density at radius 1 is 0.821 bits per heavy atom. The highest BCUT2D eigenvalue weighted by atomic mass is 16.5. The molecule has 0 bridgehead atoms. The second-order valence-corrected chi connectivity index (χ2v) is 22.4. The van der Waals surface area contributed by atoms with Crippen molar-refractivity contribution in [2.24, 2.45) is 74.2 Å². The first-order valence-electron chi connectivity index (χ1n) is 21.7. The molecule has 10 heteroatoms. The average molecular weight is 780 g/mol. The van der Waals surface area contributed by atoms with Crippen LogP contribution in [-0.4, -0.2) is 57.9 Å². The van der Waals surface area contributed by atoms with Gasteiger partial charge < -0.3 is 26.2 Å². The van der Waals surface area contributed by atoms with Crippen molar-refractivity contribution in [2.75, 3.05) is 0 Å². The zero-order valence-corrected chi connectivity index (χ0v) is 36.7. The van der Waals surface area contributed by atoms with Gasteiger partial charge in [-0.25, -0.2) is 0 Å². The summed E-state index contributed by atoms with van der Waals surface area (Å²) in [6.07, 6.45) is 7.71. The molecular weight excluding hydrogens is 707 g/mol. The summed E-state index contributed by atoms with van der Waals surface area (Å²) in [5.41, 5.74) is 5.22. The summed E-state index contributed by atoms with van der Waals surface area (Å²) < 4.78 is 6.40. The lowest BCUT2D eigenvalue weighted by atomic mass is 9.33. The number of nitrogens with one attached hydrogen (secondary N) is 2. The number of fused-ring (bicyclic) bond motifs is 7. The Balaban J connectivity index is 1.26. The lowest BCUT2D eigenvalue weighted by molar-refractivity contribution is -0.235. The Hall–Kier alpha value is -2.75. The number of rotatable bonds is 9. The van der Waals surface area contributed by atoms with Crippen molar-refractivity contribution in [1.82, 2.24) is 10.6 Å². The van der Waals surface area contributed by atoms with Gasteiger partial charge in [0.25, 0.3) is 0 Å². The van der Waals surface area contributed by atoms with Gasteiger partial charge >= 0.3 is 11.9 Å². The van der Waals surface area contributed by atoms with E-state index in [4.69, 9.17) is 10.5 Å². The molecule has 5 saturated carbocycles. The first-order chi connectivity index (χ1) is 25.6. The van der Waals surface area contributed by atoms with Gasteiger partial charge in [-0.3, -0.25) is 24.0 Å². The van der Waals surface area contributed by atoms with Crippen LogP contribution in [-0.2, 0) is 28.7 Å². The number of esters is 1. The van der Waals surface area contributed by atoms with E-state index in [0.29, 0.717) is 24.7 Å². The number of carbonyl (C=O) groups excluding carboxylic acids is 4. The Bertz CT molecular complexity index is 1710. The Morgan fingerprint density at radius 2 is 1.46 bits per heavy atom. The number of carboxylic acid groups (broad SMARTS) is 1. The van der Waals surface area contributed by atoms with E-state index in [2.05, 4.69) is 59.1 Å². The SMILES string of the molecule is CC(C)C1=C2[C@H]3CC[C@@H]4[C@@]5(C)CC[C@H](OC(=O)[C@H]6C[C@@H](C(=O)O)C6(C)C)C(C)(C)[C@@H]5CC[C@@]4(C)[C@]3(C)CC[C@@]2(NC(=O)C(C)(C)NC(=O)[C@@H](N)C(C)C)CC1=O. The first kappa shape index (κ1) is 42.8. The van der Waals surface area contributed by atoms with Crippen LogP contribution in [0.1, 0.15) is 154 Å². The summed E-state index contributed by atoms with van der Waals surface area (Å²) in [5.74, 6) is -1.68. The number of nitrogens with two attached hydrogens (primary N) is 1. The fourth-order valence-corrected chi connectivity index (χ4v) is 14.0. The minimum atomic E-state index is -1.22. The van der Waals surface area contributed by atoms with Crippen molar-refractivity contribution in [3.05, 3.63) is 11.1 Å². The molecule has 6 rings (SSSR count). The molecule has 10 nitrogen and oxygen atoms in total. The van der Waals surface area contributed by atoms with E-state index < -0.39 is 40.3 Å².